The maximum atomic E-state index is 10.1. The van der Waals surface area contributed by atoms with Gasteiger partial charge in [-0.15, -0.1) is 16.8 Å². The zero-order valence-electron chi connectivity index (χ0n) is 58.1. The van der Waals surface area contributed by atoms with E-state index < -0.39 is 0 Å². The number of nitriles is 1. The second-order valence-electron chi connectivity index (χ2n) is 27.5. The van der Waals surface area contributed by atoms with E-state index in [4.69, 9.17) is 4.42 Å². The molecule has 0 fully saturated rings. The van der Waals surface area contributed by atoms with Gasteiger partial charge in [0.1, 0.15) is 50.4 Å². The van der Waals surface area contributed by atoms with Crippen LogP contribution in [0.2, 0.25) is 0 Å². The summed E-state index contributed by atoms with van der Waals surface area (Å²) < 4.78 is 9.67. The quantitative estimate of drug-likeness (QED) is 0.114. The van der Waals surface area contributed by atoms with E-state index in [1.165, 1.54) is 102 Å². The smallest absolute Gasteiger partial charge is 0.249 e. The normalized spacial score (nSPS) is 12.1. The lowest BCUT2D eigenvalue weighted by Crippen LogP contribution is -2.60. The van der Waals surface area contributed by atoms with Crippen LogP contribution in [-0.2, 0) is 0 Å². The van der Waals surface area contributed by atoms with Crippen LogP contribution in [0.4, 0.5) is 51.2 Å². The van der Waals surface area contributed by atoms with Gasteiger partial charge in [0.2, 0.25) is 6.71 Å². The van der Waals surface area contributed by atoms with Crippen LogP contribution in [0.1, 0.15) is 5.56 Å². The number of para-hydroxylation sites is 3. The molecule has 17 aromatic rings. The van der Waals surface area contributed by atoms with Gasteiger partial charge in [0.25, 0.3) is 0 Å². The number of fused-ring (bicyclic) bond motifs is 11. The van der Waals surface area contributed by atoms with Crippen LogP contribution >= 0.6 is 23.1 Å². The molecule has 0 bridgehead atoms. The van der Waals surface area contributed by atoms with Crippen molar-refractivity contribution >= 4 is 206 Å². The first kappa shape index (κ1) is 62.9. The highest BCUT2D eigenvalue weighted by molar-refractivity contribution is 8.00. The summed E-state index contributed by atoms with van der Waals surface area (Å²) in [6.07, 6.45) is 0. The van der Waals surface area contributed by atoms with E-state index in [1.54, 1.807) is 0 Å². The molecule has 2 aliphatic heterocycles. The minimum absolute atomic E-state index is 0.186. The third kappa shape index (κ3) is 10.3. The van der Waals surface area contributed by atoms with Crippen molar-refractivity contribution in [2.45, 2.75) is 9.79 Å². The lowest BCUT2D eigenvalue weighted by molar-refractivity contribution is 0.669. The molecule has 0 amide bonds. The van der Waals surface area contributed by atoms with Crippen LogP contribution in [0, 0.1) is 11.3 Å². The van der Waals surface area contributed by atoms with Gasteiger partial charge in [-0.3, -0.25) is 0 Å². The van der Waals surface area contributed by atoms with Crippen LogP contribution in [0.3, 0.4) is 0 Å². The Labute approximate surface area is 618 Å². The predicted molar refractivity (Wildman–Crippen MR) is 459 cm³/mol. The topological polar surface area (TPSA) is 46.7 Å². The molecule has 0 saturated heterocycles. The molecular weight excluding hydrogens is 1290 g/mol. The van der Waals surface area contributed by atoms with Crippen LogP contribution < -0.4 is 58.4 Å². The number of hydrogen-bond acceptors (Lipinski definition) is 7. The monoisotopic (exact) mass is 1360 g/mol. The highest BCUT2D eigenvalue weighted by Gasteiger charge is 2.43. The zero-order valence-corrected chi connectivity index (χ0v) is 59.7. The molecule has 2 aromatic heterocycles. The van der Waals surface area contributed by atoms with Crippen LogP contribution in [0.15, 0.2) is 330 Å². The Morgan fingerprint density at radius 2 is 0.904 bits per heavy atom. The van der Waals surface area contributed by atoms with E-state index in [9.17, 15) is 5.26 Å². The van der Waals surface area contributed by atoms with Gasteiger partial charge in [0.05, 0.1) is 17.3 Å². The van der Waals surface area contributed by atoms with E-state index in [-0.39, 0.29) is 6.71 Å². The zero-order chi connectivity index (χ0) is 69.8. The van der Waals surface area contributed by atoms with Crippen LogP contribution in [0.5, 0.6) is 0 Å². The molecule has 0 aliphatic carbocycles. The Morgan fingerprint density at radius 3 is 1.56 bits per heavy atom. The molecule has 0 saturated carbocycles. The molecule has 4 heterocycles. The lowest BCUT2D eigenvalue weighted by Gasteiger charge is -2.42. The maximum absolute atomic E-state index is 10.1. The molecule has 5 nitrogen and oxygen atoms in total. The Kier molecular flexibility index (Phi) is 15.4. The summed E-state index contributed by atoms with van der Waals surface area (Å²) in [6.45, 7) is -0.186. The SMILES string of the molecule is Bc1c(B)c(B)c(N(c2ccccc2)c2ccc3c(c2)Sc2cc(-c4ccc5c(c4)oc4ccc6sc7c(-c8ccccc8-c8ccccc8)cccc7c6c45)cc4c2B3c2ccc(N(c3ccccc3)c3ccc(C#N)cc3)cc2N4c2c(-c3ccccc3)cccc2-c2ccccc2)c(B)c1B. The van der Waals surface area contributed by atoms with Crippen LogP contribution in [0.25, 0.3) is 97.7 Å². The van der Waals surface area contributed by atoms with E-state index in [2.05, 4.69) is 363 Å². The highest BCUT2D eigenvalue weighted by Crippen LogP contribution is 2.53. The van der Waals surface area contributed by atoms with E-state index in [1.807, 2.05) is 35.2 Å². The van der Waals surface area contributed by atoms with E-state index in [0.29, 0.717) is 5.56 Å². The van der Waals surface area contributed by atoms with Gasteiger partial charge in [0, 0.05) is 103 Å². The van der Waals surface area contributed by atoms with Gasteiger partial charge in [-0.05, 0) is 159 Å². The highest BCUT2D eigenvalue weighted by atomic mass is 32.2. The fourth-order valence-electron chi connectivity index (χ4n) is 16.5. The summed E-state index contributed by atoms with van der Waals surface area (Å²) in [6, 6.07) is 118. The molecule has 0 unspecified atom stereocenters. The fourth-order valence-corrected chi connectivity index (χ4v) is 19.0. The second kappa shape index (κ2) is 25.5. The maximum Gasteiger partial charge on any atom is 0.249 e. The second-order valence-corrected chi connectivity index (χ2v) is 29.6. The van der Waals surface area contributed by atoms with Crippen molar-refractivity contribution in [1.29, 1.82) is 5.26 Å². The Balaban J connectivity index is 0.868. The number of thiophene rings is 1. The lowest BCUT2D eigenvalue weighted by atomic mass is 9.34. The predicted octanol–water partition coefficient (Wildman–Crippen LogP) is 15.2. The molecule has 13 heteroatoms. The molecule has 0 spiro atoms. The molecule has 104 heavy (non-hydrogen) atoms. The Morgan fingerprint density at radius 1 is 0.365 bits per heavy atom. The minimum atomic E-state index is -0.186. The number of hydrogen-bond donors (Lipinski definition) is 0. The van der Waals surface area contributed by atoms with Gasteiger partial charge < -0.3 is 19.1 Å². The van der Waals surface area contributed by atoms with Crippen molar-refractivity contribution in [3.8, 4) is 61.7 Å². The fraction of sp³-hybridized carbons (Fsp3) is 0. The first-order valence-electron chi connectivity index (χ1n) is 35.5. The Bertz CT molecular complexity index is 6280. The summed E-state index contributed by atoms with van der Waals surface area (Å²) >= 11 is 3.74. The van der Waals surface area contributed by atoms with Crippen molar-refractivity contribution < 1.29 is 4.42 Å². The average Bonchev–Trinajstić information content (AvgIpc) is 0.871. The molecule has 2 aliphatic rings. The standard InChI is InChI=1S/C91H62B6N4OS2/c92-83-84(93)86(95)90(87(96)85(83)94)100(61-28-14-5-15-29-61)64-42-45-73-79(52-64)103-80-50-59(58-38-43-70-77(49-58)102-76-46-47-78-82(81(70)76)71-35-19-34-69(91(71)104-78)68-31-17-16-30-65(68)55-20-6-1-7-21-55)48-75-88(80)97(73)72-44-41-63(99(60-26-12-4-13-27-60)62-39-36-54(53-98)37-40-62)51-74(72)101(75)89-66(56-22-8-2-9-23-56)32-18-33-67(89)57-24-10-3-11-25-57/h1-52H,92-96H2. The number of benzene rings is 15. The van der Waals surface area contributed by atoms with E-state index >= 15 is 0 Å². The van der Waals surface area contributed by atoms with E-state index in [0.717, 1.165) is 101 Å². The van der Waals surface area contributed by atoms with Crippen molar-refractivity contribution in [2.75, 3.05) is 14.7 Å². The molecule has 19 rings (SSSR count). The summed E-state index contributed by atoms with van der Waals surface area (Å²) in [5.74, 6) is 0. The van der Waals surface area contributed by atoms with Crippen molar-refractivity contribution in [3.63, 3.8) is 0 Å². The molecular formula is C91H62B6N4OS2. The number of anilines is 9. The summed E-state index contributed by atoms with van der Waals surface area (Å²) in [7, 11) is 11.4. The summed E-state index contributed by atoms with van der Waals surface area (Å²) in [5.41, 5.74) is 33.6. The Hall–Kier alpha value is -12.1. The van der Waals surface area contributed by atoms with Gasteiger partial charge in [-0.25, -0.2) is 0 Å². The van der Waals surface area contributed by atoms with Crippen molar-refractivity contribution in [2.24, 2.45) is 0 Å². The number of rotatable bonds is 12. The average molecular weight is 1360 g/mol. The third-order valence-corrected chi connectivity index (χ3v) is 24.2. The molecule has 15 aromatic carbocycles. The van der Waals surface area contributed by atoms with Crippen LogP contribution in [-0.4, -0.2) is 45.9 Å². The first-order valence-corrected chi connectivity index (χ1v) is 37.2. The van der Waals surface area contributed by atoms with Gasteiger partial charge >= 0.3 is 0 Å². The van der Waals surface area contributed by atoms with Crippen molar-refractivity contribution in [3.05, 3.63) is 321 Å². The third-order valence-electron chi connectivity index (χ3n) is 21.9. The molecule has 482 valence electrons. The summed E-state index contributed by atoms with van der Waals surface area (Å²) in [5, 5.41) is 14.8. The summed E-state index contributed by atoms with van der Waals surface area (Å²) in [4.78, 5) is 9.82. The first-order chi connectivity index (χ1) is 51.1. The molecule has 0 radical (unpaired) electrons. The molecule has 0 atom stereocenters. The van der Waals surface area contributed by atoms with Gasteiger partial charge in [-0.2, -0.15) is 5.26 Å². The number of nitrogens with zero attached hydrogens (tertiary/aromatic N) is 4. The van der Waals surface area contributed by atoms with Gasteiger partial charge in [-0.1, -0.05) is 245 Å². The largest absolute Gasteiger partial charge is 0.456 e. The number of furan rings is 1. The van der Waals surface area contributed by atoms with Gasteiger partial charge in [0.15, 0.2) is 0 Å². The minimum Gasteiger partial charge on any atom is -0.456 e. The van der Waals surface area contributed by atoms with Crippen molar-refractivity contribution in [1.82, 2.24) is 0 Å². The molecule has 0 N–H and O–H groups in total.